The third-order valence-corrected chi connectivity index (χ3v) is 4.49. The maximum atomic E-state index is 5.55. The third kappa shape index (κ3) is 2.97. The van der Waals surface area contributed by atoms with Crippen LogP contribution in [0.4, 0.5) is 0 Å². The molecule has 2 atom stereocenters. The van der Waals surface area contributed by atoms with E-state index in [0.29, 0.717) is 12.0 Å². The average Bonchev–Trinajstić information content (AvgIpc) is 3.14. The predicted octanol–water partition coefficient (Wildman–Crippen LogP) is 2.61. The normalized spacial score (nSPS) is 20.2. The zero-order valence-electron chi connectivity index (χ0n) is 13.0. The van der Waals surface area contributed by atoms with E-state index in [-0.39, 0.29) is 0 Å². The maximum absolute atomic E-state index is 5.55. The van der Waals surface area contributed by atoms with Gasteiger partial charge in [0.15, 0.2) is 0 Å². The fourth-order valence-corrected chi connectivity index (χ4v) is 3.33. The molecule has 3 rings (SSSR count). The van der Waals surface area contributed by atoms with E-state index < -0.39 is 0 Å². The number of hydrogen-bond acceptors (Lipinski definition) is 3. The molecule has 2 heterocycles. The Morgan fingerprint density at radius 1 is 1.43 bits per heavy atom. The lowest BCUT2D eigenvalue weighted by Crippen LogP contribution is -2.36. The quantitative estimate of drug-likeness (QED) is 0.887. The molecule has 0 spiro atoms. The van der Waals surface area contributed by atoms with Gasteiger partial charge in [0.2, 0.25) is 0 Å². The smallest absolute Gasteiger partial charge is 0.111 e. The molecule has 1 N–H and O–H groups in total. The summed E-state index contributed by atoms with van der Waals surface area (Å²) < 4.78 is 7.93. The molecule has 21 heavy (non-hydrogen) atoms. The number of likely N-dealkylation sites (N-methyl/N-ethyl adjacent to an activating group) is 1. The summed E-state index contributed by atoms with van der Waals surface area (Å²) in [6.45, 7) is 5.03. The first kappa shape index (κ1) is 14.5. The molecule has 1 aliphatic rings. The minimum absolute atomic E-state index is 0.444. The van der Waals surface area contributed by atoms with Gasteiger partial charge in [0, 0.05) is 31.5 Å². The molecular weight excluding hydrogens is 262 g/mol. The van der Waals surface area contributed by atoms with E-state index in [2.05, 4.69) is 48.1 Å². The predicted molar refractivity (Wildman–Crippen MR) is 85.5 cm³/mol. The summed E-state index contributed by atoms with van der Waals surface area (Å²) in [7, 11) is 2.05. The number of aromatic nitrogens is 2. The maximum Gasteiger partial charge on any atom is 0.111 e. The number of ether oxygens (including phenoxy) is 1. The van der Waals surface area contributed by atoms with E-state index in [4.69, 9.17) is 9.72 Å². The number of aryl methyl sites for hydroxylation is 1. The third-order valence-electron chi connectivity index (χ3n) is 4.49. The molecular formula is C17H25N3O. The van der Waals surface area contributed by atoms with Crippen molar-refractivity contribution in [3.8, 4) is 0 Å². The van der Waals surface area contributed by atoms with Crippen LogP contribution in [0.2, 0.25) is 0 Å². The second kappa shape index (κ2) is 6.58. The molecule has 0 amide bonds. The lowest BCUT2D eigenvalue weighted by Gasteiger charge is -2.22. The van der Waals surface area contributed by atoms with Gasteiger partial charge in [0.05, 0.1) is 17.6 Å². The van der Waals surface area contributed by atoms with E-state index in [1.54, 1.807) is 0 Å². The molecule has 1 fully saturated rings. The summed E-state index contributed by atoms with van der Waals surface area (Å²) >= 11 is 0. The molecule has 0 saturated carbocycles. The number of hydrogen-bond donors (Lipinski definition) is 1. The van der Waals surface area contributed by atoms with Crippen LogP contribution in [0.5, 0.6) is 0 Å². The van der Waals surface area contributed by atoms with Gasteiger partial charge in [-0.2, -0.15) is 0 Å². The van der Waals surface area contributed by atoms with Crippen molar-refractivity contribution in [1.82, 2.24) is 14.9 Å². The van der Waals surface area contributed by atoms with Crippen LogP contribution in [0.1, 0.15) is 25.6 Å². The molecule has 1 aliphatic heterocycles. The van der Waals surface area contributed by atoms with Crippen molar-refractivity contribution < 1.29 is 4.74 Å². The molecule has 4 nitrogen and oxygen atoms in total. The van der Waals surface area contributed by atoms with Crippen LogP contribution >= 0.6 is 0 Å². The number of imidazole rings is 1. The highest BCUT2D eigenvalue weighted by atomic mass is 16.5. The van der Waals surface area contributed by atoms with Crippen molar-refractivity contribution in [3.05, 3.63) is 30.1 Å². The van der Waals surface area contributed by atoms with Crippen LogP contribution in [0, 0.1) is 5.92 Å². The molecule has 2 aromatic rings. The molecule has 1 aromatic heterocycles. The average molecular weight is 287 g/mol. The van der Waals surface area contributed by atoms with E-state index >= 15 is 0 Å². The lowest BCUT2D eigenvalue weighted by atomic mass is 9.96. The van der Waals surface area contributed by atoms with Crippen molar-refractivity contribution in [2.24, 2.45) is 5.92 Å². The molecule has 114 valence electrons. The van der Waals surface area contributed by atoms with Gasteiger partial charge in [0.1, 0.15) is 5.82 Å². The molecule has 0 aliphatic carbocycles. The van der Waals surface area contributed by atoms with Gasteiger partial charge in [-0.3, -0.25) is 0 Å². The Bertz CT molecular complexity index is 587. The van der Waals surface area contributed by atoms with E-state index in [1.807, 2.05) is 0 Å². The highest BCUT2D eigenvalue weighted by Gasteiger charge is 2.26. The Hall–Kier alpha value is -1.39. The van der Waals surface area contributed by atoms with Gasteiger partial charge in [-0.05, 0) is 32.0 Å². The number of rotatable bonds is 6. The standard InChI is InChI=1S/C17H25N3O/c1-3-9-20-16-7-5-4-6-14(16)19-17(20)11-15(18-2)13-8-10-21-12-13/h4-7,13,15,18H,3,8-12H2,1-2H3. The van der Waals surface area contributed by atoms with Gasteiger partial charge in [-0.25, -0.2) is 4.98 Å². The Balaban J connectivity index is 1.89. The van der Waals surface area contributed by atoms with Crippen molar-refractivity contribution >= 4 is 11.0 Å². The van der Waals surface area contributed by atoms with E-state index in [0.717, 1.165) is 44.5 Å². The number of nitrogens with zero attached hydrogens (tertiary/aromatic N) is 2. The zero-order chi connectivity index (χ0) is 14.7. The van der Waals surface area contributed by atoms with Gasteiger partial charge in [-0.1, -0.05) is 19.1 Å². The van der Waals surface area contributed by atoms with Crippen LogP contribution in [0.3, 0.4) is 0 Å². The fraction of sp³-hybridized carbons (Fsp3) is 0.588. The van der Waals surface area contributed by atoms with Crippen LogP contribution < -0.4 is 5.32 Å². The summed E-state index contributed by atoms with van der Waals surface area (Å²) in [6.07, 6.45) is 3.25. The molecule has 0 radical (unpaired) electrons. The van der Waals surface area contributed by atoms with Gasteiger partial charge in [0.25, 0.3) is 0 Å². The number of para-hydroxylation sites is 2. The Kier molecular flexibility index (Phi) is 4.56. The fourth-order valence-electron chi connectivity index (χ4n) is 3.33. The molecule has 4 heteroatoms. The molecule has 1 aromatic carbocycles. The highest BCUT2D eigenvalue weighted by molar-refractivity contribution is 5.75. The monoisotopic (exact) mass is 287 g/mol. The van der Waals surface area contributed by atoms with Crippen molar-refractivity contribution in [3.63, 3.8) is 0 Å². The summed E-state index contributed by atoms with van der Waals surface area (Å²) in [6, 6.07) is 8.89. The van der Waals surface area contributed by atoms with Crippen molar-refractivity contribution in [1.29, 1.82) is 0 Å². The van der Waals surface area contributed by atoms with Crippen LogP contribution in [0.25, 0.3) is 11.0 Å². The zero-order valence-corrected chi connectivity index (χ0v) is 13.0. The molecule has 1 saturated heterocycles. The van der Waals surface area contributed by atoms with E-state index in [1.165, 1.54) is 11.3 Å². The van der Waals surface area contributed by atoms with Crippen LogP contribution in [0.15, 0.2) is 24.3 Å². The second-order valence-corrected chi connectivity index (χ2v) is 5.89. The number of nitrogens with one attached hydrogen (secondary N) is 1. The molecule has 2 unspecified atom stereocenters. The van der Waals surface area contributed by atoms with Gasteiger partial charge in [-0.15, -0.1) is 0 Å². The second-order valence-electron chi connectivity index (χ2n) is 5.89. The lowest BCUT2D eigenvalue weighted by molar-refractivity contribution is 0.177. The summed E-state index contributed by atoms with van der Waals surface area (Å²) in [5, 5.41) is 3.47. The van der Waals surface area contributed by atoms with E-state index in [9.17, 15) is 0 Å². The largest absolute Gasteiger partial charge is 0.381 e. The van der Waals surface area contributed by atoms with Crippen molar-refractivity contribution in [2.45, 2.75) is 38.8 Å². The van der Waals surface area contributed by atoms with Gasteiger partial charge >= 0.3 is 0 Å². The minimum Gasteiger partial charge on any atom is -0.381 e. The summed E-state index contributed by atoms with van der Waals surface area (Å²) in [5.41, 5.74) is 2.37. The van der Waals surface area contributed by atoms with Gasteiger partial charge < -0.3 is 14.6 Å². The Morgan fingerprint density at radius 2 is 2.29 bits per heavy atom. The Morgan fingerprint density at radius 3 is 3.00 bits per heavy atom. The summed E-state index contributed by atoms with van der Waals surface area (Å²) in [5.74, 6) is 1.80. The topological polar surface area (TPSA) is 39.1 Å². The first-order valence-corrected chi connectivity index (χ1v) is 8.02. The van der Waals surface area contributed by atoms with Crippen LogP contribution in [-0.2, 0) is 17.7 Å². The SMILES string of the molecule is CCCn1c(CC(NC)C2CCOC2)nc2ccccc21. The highest BCUT2D eigenvalue weighted by Crippen LogP contribution is 2.22. The first-order chi connectivity index (χ1) is 10.3. The van der Waals surface area contributed by atoms with Crippen molar-refractivity contribution in [2.75, 3.05) is 20.3 Å². The van der Waals surface area contributed by atoms with Crippen LogP contribution in [-0.4, -0.2) is 35.9 Å². The molecule has 0 bridgehead atoms. The first-order valence-electron chi connectivity index (χ1n) is 8.02. The number of benzene rings is 1. The number of fused-ring (bicyclic) bond motifs is 1. The minimum atomic E-state index is 0.444. The summed E-state index contributed by atoms with van der Waals surface area (Å²) in [4.78, 5) is 4.87. The Labute approximate surface area is 126 Å².